The Balaban J connectivity index is 1.45. The van der Waals surface area contributed by atoms with Crippen molar-refractivity contribution < 1.29 is 9.53 Å². The quantitative estimate of drug-likeness (QED) is 0.768. The fraction of sp³-hybridized carbons (Fsp3) is 0.462. The van der Waals surface area contributed by atoms with Crippen LogP contribution in [0, 0.1) is 5.41 Å². The Kier molecular flexibility index (Phi) is 2.52. The molecule has 1 aromatic carbocycles. The molecule has 2 heterocycles. The summed E-state index contributed by atoms with van der Waals surface area (Å²) in [4.78, 5) is 13.5. The van der Waals surface area contributed by atoms with E-state index in [-0.39, 0.29) is 6.09 Å². The van der Waals surface area contributed by atoms with E-state index in [1.165, 1.54) is 0 Å². The Labute approximate surface area is 101 Å². The van der Waals surface area contributed by atoms with Gasteiger partial charge in [-0.25, -0.2) is 10.1 Å². The molecule has 2 aliphatic heterocycles. The molecule has 0 aromatic heterocycles. The smallest absolute Gasteiger partial charge is 0.410 e. The lowest BCUT2D eigenvalue weighted by Crippen LogP contribution is -2.69. The molecule has 0 aliphatic carbocycles. The van der Waals surface area contributed by atoms with Crippen LogP contribution in [-0.4, -0.2) is 37.2 Å². The van der Waals surface area contributed by atoms with Crippen molar-refractivity contribution in [2.24, 2.45) is 5.41 Å². The molecule has 1 aromatic rings. The van der Waals surface area contributed by atoms with Crippen molar-refractivity contribution >= 4 is 6.09 Å². The predicted octanol–water partition coefficient (Wildman–Crippen LogP) is 1.24. The van der Waals surface area contributed by atoms with Gasteiger partial charge < -0.3 is 9.64 Å². The van der Waals surface area contributed by atoms with E-state index in [2.05, 4.69) is 5.32 Å². The Morgan fingerprint density at radius 2 is 2.00 bits per heavy atom. The first-order chi connectivity index (χ1) is 8.27. The average Bonchev–Trinajstić information content (AvgIpc) is 2.24. The second-order valence-corrected chi connectivity index (χ2v) is 4.94. The lowest BCUT2D eigenvalue weighted by atomic mass is 9.75. The number of hydrogen-bond donors (Lipinski definition) is 0. The van der Waals surface area contributed by atoms with E-state index in [0.29, 0.717) is 12.0 Å². The van der Waals surface area contributed by atoms with Crippen molar-refractivity contribution in [2.45, 2.75) is 6.61 Å². The molecule has 4 heteroatoms. The topological polar surface area (TPSA) is 43.6 Å². The van der Waals surface area contributed by atoms with Gasteiger partial charge in [-0.3, -0.25) is 0 Å². The van der Waals surface area contributed by atoms with E-state index >= 15 is 0 Å². The van der Waals surface area contributed by atoms with Gasteiger partial charge in [-0.2, -0.15) is 0 Å². The van der Waals surface area contributed by atoms with Gasteiger partial charge in [0.2, 0.25) is 0 Å². The monoisotopic (exact) mass is 231 g/mol. The summed E-state index contributed by atoms with van der Waals surface area (Å²) >= 11 is 0. The van der Waals surface area contributed by atoms with Gasteiger partial charge in [-0.1, -0.05) is 30.3 Å². The molecule has 0 bridgehead atoms. The second kappa shape index (κ2) is 4.04. The first kappa shape index (κ1) is 10.6. The van der Waals surface area contributed by atoms with E-state index in [4.69, 9.17) is 4.74 Å². The molecule has 2 saturated heterocycles. The summed E-state index contributed by atoms with van der Waals surface area (Å²) < 4.78 is 5.25. The molecule has 1 radical (unpaired) electrons. The van der Waals surface area contributed by atoms with Gasteiger partial charge >= 0.3 is 6.09 Å². The predicted molar refractivity (Wildman–Crippen MR) is 62.5 cm³/mol. The van der Waals surface area contributed by atoms with Crippen LogP contribution in [0.5, 0.6) is 0 Å². The Bertz CT molecular complexity index is 407. The molecule has 3 rings (SSSR count). The van der Waals surface area contributed by atoms with E-state index in [1.807, 2.05) is 30.3 Å². The average molecular weight is 231 g/mol. The normalized spacial score (nSPS) is 20.6. The number of amides is 1. The largest absolute Gasteiger partial charge is 0.445 e. The molecular weight excluding hydrogens is 216 g/mol. The first-order valence-electron chi connectivity index (χ1n) is 5.86. The third kappa shape index (κ3) is 2.00. The molecule has 0 unspecified atom stereocenters. The van der Waals surface area contributed by atoms with Crippen molar-refractivity contribution in [1.29, 1.82) is 0 Å². The number of likely N-dealkylation sites (tertiary alicyclic amines) is 1. The molecule has 1 spiro atoms. The number of carbonyl (C=O) groups excluding carboxylic acids is 1. The number of nitrogens with zero attached hydrogens (tertiary/aromatic N) is 2. The van der Waals surface area contributed by atoms with Gasteiger partial charge in [0, 0.05) is 31.6 Å². The zero-order chi connectivity index (χ0) is 11.7. The van der Waals surface area contributed by atoms with E-state index < -0.39 is 0 Å². The SMILES string of the molecule is O=C(OCc1ccccc1)N1CC2(C[N]C2)C1. The summed E-state index contributed by atoms with van der Waals surface area (Å²) in [5.41, 5.74) is 1.33. The van der Waals surface area contributed by atoms with Crippen molar-refractivity contribution in [3.05, 3.63) is 35.9 Å². The number of carbonyl (C=O) groups is 1. The van der Waals surface area contributed by atoms with Crippen LogP contribution in [0.2, 0.25) is 0 Å². The molecule has 4 nitrogen and oxygen atoms in total. The lowest BCUT2D eigenvalue weighted by molar-refractivity contribution is -0.0384. The maximum Gasteiger partial charge on any atom is 0.410 e. The van der Waals surface area contributed by atoms with Gasteiger partial charge in [0.15, 0.2) is 0 Å². The minimum Gasteiger partial charge on any atom is -0.445 e. The van der Waals surface area contributed by atoms with Gasteiger partial charge in [0.05, 0.1) is 0 Å². The number of hydrogen-bond acceptors (Lipinski definition) is 2. The maximum atomic E-state index is 11.7. The van der Waals surface area contributed by atoms with E-state index in [9.17, 15) is 4.79 Å². The van der Waals surface area contributed by atoms with Crippen LogP contribution in [0.4, 0.5) is 4.79 Å². The Morgan fingerprint density at radius 1 is 1.29 bits per heavy atom. The minimum absolute atomic E-state index is 0.202. The fourth-order valence-corrected chi connectivity index (χ4v) is 2.33. The molecular formula is C13H15N2O2. The highest BCUT2D eigenvalue weighted by Gasteiger charge is 2.50. The summed E-state index contributed by atoms with van der Waals surface area (Å²) in [5, 5.41) is 4.20. The summed E-state index contributed by atoms with van der Waals surface area (Å²) in [6, 6.07) is 9.74. The third-order valence-corrected chi connectivity index (χ3v) is 3.41. The van der Waals surface area contributed by atoms with Gasteiger partial charge in [-0.15, -0.1) is 0 Å². The minimum atomic E-state index is -0.202. The molecule has 0 atom stereocenters. The van der Waals surface area contributed by atoms with Crippen LogP contribution in [-0.2, 0) is 11.3 Å². The number of benzene rings is 1. The highest BCUT2D eigenvalue weighted by Crippen LogP contribution is 2.35. The van der Waals surface area contributed by atoms with Gasteiger partial charge in [-0.05, 0) is 5.56 Å². The fourth-order valence-electron chi connectivity index (χ4n) is 2.33. The molecule has 89 valence electrons. The van der Waals surface area contributed by atoms with E-state index in [1.54, 1.807) is 4.90 Å². The zero-order valence-electron chi connectivity index (χ0n) is 9.63. The van der Waals surface area contributed by atoms with Crippen LogP contribution in [0.3, 0.4) is 0 Å². The maximum absolute atomic E-state index is 11.7. The highest BCUT2D eigenvalue weighted by molar-refractivity contribution is 5.69. The van der Waals surface area contributed by atoms with Crippen LogP contribution in [0.1, 0.15) is 5.56 Å². The van der Waals surface area contributed by atoms with Crippen molar-refractivity contribution in [2.75, 3.05) is 26.2 Å². The van der Waals surface area contributed by atoms with Crippen LogP contribution in [0.15, 0.2) is 30.3 Å². The second-order valence-electron chi connectivity index (χ2n) is 4.94. The summed E-state index contributed by atoms with van der Waals surface area (Å²) in [5.74, 6) is 0. The zero-order valence-corrected chi connectivity index (χ0v) is 9.63. The summed E-state index contributed by atoms with van der Waals surface area (Å²) in [6.45, 7) is 3.80. The van der Waals surface area contributed by atoms with Crippen LogP contribution < -0.4 is 5.32 Å². The highest BCUT2D eigenvalue weighted by atomic mass is 16.6. The Morgan fingerprint density at radius 3 is 2.59 bits per heavy atom. The number of rotatable bonds is 2. The standard InChI is InChI=1S/C13H15N2O2/c16-12(15-9-13(10-15)7-14-8-13)17-6-11-4-2-1-3-5-11/h1-5H,6-10H2. The lowest BCUT2D eigenvalue weighted by Gasteiger charge is -2.54. The molecule has 0 saturated carbocycles. The molecule has 17 heavy (non-hydrogen) atoms. The van der Waals surface area contributed by atoms with Crippen LogP contribution >= 0.6 is 0 Å². The van der Waals surface area contributed by atoms with Gasteiger partial charge in [0.1, 0.15) is 6.61 Å². The van der Waals surface area contributed by atoms with Crippen molar-refractivity contribution in [3.8, 4) is 0 Å². The van der Waals surface area contributed by atoms with Crippen molar-refractivity contribution in [3.63, 3.8) is 0 Å². The van der Waals surface area contributed by atoms with Crippen LogP contribution in [0.25, 0.3) is 0 Å². The Hall–Kier alpha value is -1.55. The molecule has 2 aliphatic rings. The summed E-state index contributed by atoms with van der Waals surface area (Å²) in [6.07, 6.45) is -0.202. The molecule has 2 fully saturated rings. The molecule has 1 amide bonds. The third-order valence-electron chi connectivity index (χ3n) is 3.41. The first-order valence-corrected chi connectivity index (χ1v) is 5.86. The van der Waals surface area contributed by atoms with Crippen molar-refractivity contribution in [1.82, 2.24) is 10.2 Å². The van der Waals surface area contributed by atoms with Gasteiger partial charge in [0.25, 0.3) is 0 Å². The van der Waals surface area contributed by atoms with E-state index in [0.717, 1.165) is 31.7 Å². The number of ether oxygens (including phenoxy) is 1. The molecule has 0 N–H and O–H groups in total. The summed E-state index contributed by atoms with van der Waals surface area (Å²) in [7, 11) is 0.